The number of nitrogens with one attached hydrogen (secondary N) is 1. The van der Waals surface area contributed by atoms with E-state index in [-0.39, 0.29) is 6.67 Å². The van der Waals surface area contributed by atoms with E-state index in [0.29, 0.717) is 12.0 Å². The Morgan fingerprint density at radius 2 is 2.27 bits per heavy atom. The van der Waals surface area contributed by atoms with Crippen LogP contribution in [0.2, 0.25) is 0 Å². The van der Waals surface area contributed by atoms with Crippen molar-refractivity contribution in [1.82, 2.24) is 10.2 Å². The second-order valence-electron chi connectivity index (χ2n) is 5.29. The van der Waals surface area contributed by atoms with E-state index in [2.05, 4.69) is 17.1 Å². The first-order chi connectivity index (χ1) is 7.24. The van der Waals surface area contributed by atoms with Crippen LogP contribution in [0.25, 0.3) is 0 Å². The molecule has 1 aliphatic heterocycles. The lowest BCUT2D eigenvalue weighted by molar-refractivity contribution is 0.195. The highest BCUT2D eigenvalue weighted by Gasteiger charge is 2.42. The van der Waals surface area contributed by atoms with Gasteiger partial charge in [0.2, 0.25) is 0 Å². The van der Waals surface area contributed by atoms with Gasteiger partial charge >= 0.3 is 0 Å². The summed E-state index contributed by atoms with van der Waals surface area (Å²) in [6.45, 7) is 6.47. The normalized spacial score (nSPS) is 34.0. The van der Waals surface area contributed by atoms with Crippen LogP contribution in [0.15, 0.2) is 0 Å². The Kier molecular flexibility index (Phi) is 3.62. The molecule has 0 aromatic rings. The van der Waals surface area contributed by atoms with Crippen molar-refractivity contribution in [3.8, 4) is 0 Å². The molecule has 2 nitrogen and oxygen atoms in total. The molecule has 2 rings (SSSR count). The average Bonchev–Trinajstić information content (AvgIpc) is 3.01. The van der Waals surface area contributed by atoms with Gasteiger partial charge in [-0.3, -0.25) is 4.39 Å². The Morgan fingerprint density at radius 3 is 2.93 bits per heavy atom. The lowest BCUT2D eigenvalue weighted by Crippen LogP contribution is -2.51. The van der Waals surface area contributed by atoms with Gasteiger partial charge in [0, 0.05) is 18.6 Å². The molecule has 15 heavy (non-hydrogen) atoms. The van der Waals surface area contributed by atoms with E-state index in [1.54, 1.807) is 0 Å². The summed E-state index contributed by atoms with van der Waals surface area (Å²) in [4.78, 5) is 2.44. The van der Waals surface area contributed by atoms with E-state index >= 15 is 0 Å². The van der Waals surface area contributed by atoms with Gasteiger partial charge in [0.1, 0.15) is 0 Å². The van der Waals surface area contributed by atoms with Crippen LogP contribution in [0.5, 0.6) is 0 Å². The molecule has 1 N–H and O–H groups in total. The summed E-state index contributed by atoms with van der Waals surface area (Å²) in [6, 6.07) is 0. The molecule has 2 fully saturated rings. The highest BCUT2D eigenvalue weighted by atomic mass is 19.1. The van der Waals surface area contributed by atoms with Crippen molar-refractivity contribution in [1.29, 1.82) is 0 Å². The lowest BCUT2D eigenvalue weighted by atomic mass is 9.95. The van der Waals surface area contributed by atoms with Crippen LogP contribution in [-0.4, -0.2) is 43.3 Å². The molecule has 1 atom stereocenters. The molecule has 0 spiro atoms. The van der Waals surface area contributed by atoms with Gasteiger partial charge in [0.25, 0.3) is 0 Å². The molecule has 2 aliphatic rings. The quantitative estimate of drug-likeness (QED) is 0.768. The lowest BCUT2D eigenvalue weighted by Gasteiger charge is -2.33. The van der Waals surface area contributed by atoms with E-state index < -0.39 is 0 Å². The van der Waals surface area contributed by atoms with Crippen molar-refractivity contribution in [2.75, 3.05) is 32.9 Å². The van der Waals surface area contributed by atoms with Crippen LogP contribution in [0.4, 0.5) is 4.39 Å². The summed E-state index contributed by atoms with van der Waals surface area (Å²) in [5.74, 6) is 0.864. The number of rotatable bonds is 4. The molecule has 1 unspecified atom stereocenters. The fourth-order valence-corrected chi connectivity index (χ4v) is 2.74. The van der Waals surface area contributed by atoms with Gasteiger partial charge in [-0.15, -0.1) is 0 Å². The fourth-order valence-electron chi connectivity index (χ4n) is 2.74. The molecule has 0 radical (unpaired) electrons. The molecule has 0 aromatic carbocycles. The maximum Gasteiger partial charge on any atom is 0.0906 e. The molecule has 1 saturated heterocycles. The molecule has 1 saturated carbocycles. The first kappa shape index (κ1) is 11.3. The molecular formula is C12H23FN2. The highest BCUT2D eigenvalue weighted by Crippen LogP contribution is 2.40. The Bertz CT molecular complexity index is 206. The molecule has 1 aliphatic carbocycles. The Labute approximate surface area is 92.2 Å². The van der Waals surface area contributed by atoms with Crippen molar-refractivity contribution >= 4 is 0 Å². The second kappa shape index (κ2) is 4.79. The van der Waals surface area contributed by atoms with Crippen molar-refractivity contribution in [2.45, 2.75) is 38.1 Å². The Morgan fingerprint density at radius 1 is 1.47 bits per heavy atom. The van der Waals surface area contributed by atoms with Gasteiger partial charge in [-0.25, -0.2) is 0 Å². The summed E-state index contributed by atoms with van der Waals surface area (Å²) in [5.41, 5.74) is 0.298. The minimum atomic E-state index is -0.177. The number of alkyl halides is 1. The zero-order valence-corrected chi connectivity index (χ0v) is 9.77. The van der Waals surface area contributed by atoms with Crippen LogP contribution >= 0.6 is 0 Å². The smallest absolute Gasteiger partial charge is 0.0906 e. The third-order valence-electron chi connectivity index (χ3n) is 3.82. The zero-order valence-electron chi connectivity index (χ0n) is 9.77. The summed E-state index contributed by atoms with van der Waals surface area (Å²) in [5, 5.41) is 3.69. The van der Waals surface area contributed by atoms with Crippen LogP contribution < -0.4 is 5.32 Å². The van der Waals surface area contributed by atoms with E-state index in [1.807, 2.05) is 0 Å². The van der Waals surface area contributed by atoms with Gasteiger partial charge in [-0.05, 0) is 51.6 Å². The van der Waals surface area contributed by atoms with Crippen LogP contribution in [-0.2, 0) is 0 Å². The minimum absolute atomic E-state index is 0.177. The highest BCUT2D eigenvalue weighted by molar-refractivity contribution is 5.00. The molecule has 0 aromatic heterocycles. The van der Waals surface area contributed by atoms with Gasteiger partial charge in [-0.1, -0.05) is 0 Å². The van der Waals surface area contributed by atoms with E-state index in [0.717, 1.165) is 32.1 Å². The van der Waals surface area contributed by atoms with E-state index in [9.17, 15) is 4.39 Å². The predicted octanol–water partition coefficient (Wildman–Crippen LogP) is 1.81. The standard InChI is InChI=1S/C12H23FN2/c1-12(11-4-5-11)10-15(8-2-6-13)9-3-7-14-12/h11,14H,2-10H2,1H3. The minimum Gasteiger partial charge on any atom is -0.310 e. The maximum absolute atomic E-state index is 12.2. The van der Waals surface area contributed by atoms with Crippen LogP contribution in [0.3, 0.4) is 0 Å². The largest absolute Gasteiger partial charge is 0.310 e. The van der Waals surface area contributed by atoms with Crippen molar-refractivity contribution in [3.05, 3.63) is 0 Å². The van der Waals surface area contributed by atoms with Crippen molar-refractivity contribution in [2.24, 2.45) is 5.92 Å². The maximum atomic E-state index is 12.2. The third-order valence-corrected chi connectivity index (χ3v) is 3.82. The molecule has 0 amide bonds. The Hall–Kier alpha value is -0.150. The summed E-state index contributed by atoms with van der Waals surface area (Å²) < 4.78 is 12.2. The number of halogens is 1. The first-order valence-electron chi connectivity index (χ1n) is 6.28. The molecular weight excluding hydrogens is 191 g/mol. The van der Waals surface area contributed by atoms with Crippen molar-refractivity contribution in [3.63, 3.8) is 0 Å². The van der Waals surface area contributed by atoms with Gasteiger partial charge < -0.3 is 10.2 Å². The summed E-state index contributed by atoms with van der Waals surface area (Å²) in [6.07, 6.45) is 4.65. The molecule has 88 valence electrons. The third kappa shape index (κ3) is 2.91. The number of hydrogen-bond donors (Lipinski definition) is 1. The molecule has 3 heteroatoms. The zero-order chi connectivity index (χ0) is 10.7. The van der Waals surface area contributed by atoms with Gasteiger partial charge in [0.15, 0.2) is 0 Å². The second-order valence-corrected chi connectivity index (χ2v) is 5.29. The molecule has 0 bridgehead atoms. The van der Waals surface area contributed by atoms with Crippen molar-refractivity contribution < 1.29 is 4.39 Å². The molecule has 1 heterocycles. The first-order valence-corrected chi connectivity index (χ1v) is 6.28. The van der Waals surface area contributed by atoms with Crippen LogP contribution in [0.1, 0.15) is 32.6 Å². The number of hydrogen-bond acceptors (Lipinski definition) is 2. The van der Waals surface area contributed by atoms with Gasteiger partial charge in [-0.2, -0.15) is 0 Å². The Balaban J connectivity index is 1.89. The van der Waals surface area contributed by atoms with E-state index in [4.69, 9.17) is 0 Å². The van der Waals surface area contributed by atoms with Gasteiger partial charge in [0.05, 0.1) is 6.67 Å². The SMILES string of the molecule is CC1(C2CC2)CN(CCCF)CCCN1. The monoisotopic (exact) mass is 214 g/mol. The average molecular weight is 214 g/mol. The predicted molar refractivity (Wildman–Crippen MR) is 60.8 cm³/mol. The summed E-state index contributed by atoms with van der Waals surface area (Å²) >= 11 is 0. The topological polar surface area (TPSA) is 15.3 Å². The van der Waals surface area contributed by atoms with E-state index in [1.165, 1.54) is 19.3 Å². The summed E-state index contributed by atoms with van der Waals surface area (Å²) in [7, 11) is 0. The number of nitrogens with zero attached hydrogens (tertiary/aromatic N) is 1. The fraction of sp³-hybridized carbons (Fsp3) is 1.00. The van der Waals surface area contributed by atoms with Crippen LogP contribution in [0, 0.1) is 5.92 Å².